The number of fused-ring (bicyclic) bond motifs is 1. The van der Waals surface area contributed by atoms with Gasteiger partial charge in [-0.1, -0.05) is 42.5 Å². The van der Waals surface area contributed by atoms with Crippen LogP contribution in [-0.2, 0) is 30.9 Å². The van der Waals surface area contributed by atoms with Gasteiger partial charge in [0.2, 0.25) is 10.0 Å². The van der Waals surface area contributed by atoms with Gasteiger partial charge in [0.05, 0.1) is 24.0 Å². The molecule has 0 aromatic heterocycles. The molecule has 0 heterocycles. The molecule has 0 radical (unpaired) electrons. The van der Waals surface area contributed by atoms with Gasteiger partial charge >= 0.3 is 11.9 Å². The third-order valence-corrected chi connectivity index (χ3v) is 5.89. The Labute approximate surface area is 174 Å². The van der Waals surface area contributed by atoms with Crippen molar-refractivity contribution in [3.63, 3.8) is 0 Å². The van der Waals surface area contributed by atoms with Crippen LogP contribution in [0.4, 0.5) is 0 Å². The monoisotopic (exact) mass is 427 g/mol. The molecule has 156 valence electrons. The number of nitrogens with one attached hydrogen (secondary N) is 1. The average Bonchev–Trinajstić information content (AvgIpc) is 2.77. The van der Waals surface area contributed by atoms with Gasteiger partial charge in [-0.15, -0.1) is 0 Å². The zero-order valence-corrected chi connectivity index (χ0v) is 17.1. The first-order valence-electron chi connectivity index (χ1n) is 9.20. The Morgan fingerprint density at radius 1 is 0.933 bits per heavy atom. The Bertz CT molecular complexity index is 1160. The lowest BCUT2D eigenvalue weighted by atomic mass is 10.1. The molecule has 0 fully saturated rings. The molecule has 0 bridgehead atoms. The van der Waals surface area contributed by atoms with E-state index < -0.39 is 22.0 Å². The molecular formula is C22H21NO6S. The number of esters is 2. The third-order valence-electron chi connectivity index (χ3n) is 4.43. The topological polar surface area (TPSA) is 98.8 Å². The highest BCUT2D eigenvalue weighted by molar-refractivity contribution is 7.89. The zero-order chi connectivity index (χ0) is 21.6. The number of hydrogen-bond donors (Lipinski definition) is 1. The molecule has 0 amide bonds. The molecule has 3 aromatic carbocycles. The molecule has 0 aliphatic rings. The first-order valence-corrected chi connectivity index (χ1v) is 10.7. The van der Waals surface area contributed by atoms with E-state index in [-0.39, 0.29) is 24.5 Å². The van der Waals surface area contributed by atoms with Gasteiger partial charge in [-0.2, -0.15) is 0 Å². The molecular weight excluding hydrogens is 406 g/mol. The van der Waals surface area contributed by atoms with Crippen LogP contribution in [0.2, 0.25) is 0 Å². The second kappa shape index (κ2) is 9.51. The standard InChI is InChI=1S/C22H21NO6S/c1-28-22(25)18-8-6-16(7-9-18)15-29-21(24)12-13-23-30(26,27)20-11-10-17-4-2-3-5-19(17)14-20/h2-11,14,23H,12-13,15H2,1H3. The fraction of sp³-hybridized carbons (Fsp3) is 0.182. The van der Waals surface area contributed by atoms with Crippen LogP contribution >= 0.6 is 0 Å². The van der Waals surface area contributed by atoms with E-state index >= 15 is 0 Å². The molecule has 0 aliphatic carbocycles. The quantitative estimate of drug-likeness (QED) is 0.555. The summed E-state index contributed by atoms with van der Waals surface area (Å²) in [6.45, 7) is -0.0486. The van der Waals surface area contributed by atoms with Gasteiger partial charge in [0.25, 0.3) is 0 Å². The van der Waals surface area contributed by atoms with Gasteiger partial charge in [0.15, 0.2) is 0 Å². The van der Waals surface area contributed by atoms with Crippen molar-refractivity contribution in [3.05, 3.63) is 77.9 Å². The highest BCUT2D eigenvalue weighted by atomic mass is 32.2. The van der Waals surface area contributed by atoms with E-state index in [0.29, 0.717) is 11.1 Å². The Morgan fingerprint density at radius 2 is 1.63 bits per heavy atom. The zero-order valence-electron chi connectivity index (χ0n) is 16.3. The molecule has 0 aliphatic heterocycles. The predicted octanol–water partition coefficient (Wildman–Crippen LogP) is 3.04. The molecule has 30 heavy (non-hydrogen) atoms. The number of rotatable bonds is 8. The number of carbonyl (C=O) groups is 2. The summed E-state index contributed by atoms with van der Waals surface area (Å²) in [5, 5.41) is 1.76. The molecule has 0 atom stereocenters. The molecule has 3 aromatic rings. The van der Waals surface area contributed by atoms with Crippen LogP contribution in [0.1, 0.15) is 22.3 Å². The van der Waals surface area contributed by atoms with E-state index in [1.165, 1.54) is 13.2 Å². The second-order valence-electron chi connectivity index (χ2n) is 6.51. The Balaban J connectivity index is 1.49. The Kier molecular flexibility index (Phi) is 6.81. The molecule has 0 saturated carbocycles. The molecule has 0 spiro atoms. The summed E-state index contributed by atoms with van der Waals surface area (Å²) in [5.74, 6) is -0.981. The van der Waals surface area contributed by atoms with Gasteiger partial charge in [-0.25, -0.2) is 17.9 Å². The molecule has 3 rings (SSSR count). The van der Waals surface area contributed by atoms with Gasteiger partial charge in [-0.05, 0) is 40.6 Å². The van der Waals surface area contributed by atoms with Crippen molar-refractivity contribution < 1.29 is 27.5 Å². The van der Waals surface area contributed by atoms with E-state index in [4.69, 9.17) is 4.74 Å². The smallest absolute Gasteiger partial charge is 0.337 e. The average molecular weight is 427 g/mol. The van der Waals surface area contributed by atoms with Crippen LogP contribution in [0.5, 0.6) is 0 Å². The van der Waals surface area contributed by atoms with Gasteiger partial charge in [-0.3, -0.25) is 4.79 Å². The van der Waals surface area contributed by atoms with E-state index in [9.17, 15) is 18.0 Å². The van der Waals surface area contributed by atoms with Crippen LogP contribution < -0.4 is 4.72 Å². The maximum absolute atomic E-state index is 12.4. The van der Waals surface area contributed by atoms with Gasteiger partial charge < -0.3 is 9.47 Å². The van der Waals surface area contributed by atoms with Crippen LogP contribution in [0.25, 0.3) is 10.8 Å². The minimum Gasteiger partial charge on any atom is -0.465 e. The number of ether oxygens (including phenoxy) is 2. The minimum absolute atomic E-state index is 0.0255. The number of benzene rings is 3. The summed E-state index contributed by atoms with van der Waals surface area (Å²) in [7, 11) is -2.43. The molecule has 1 N–H and O–H groups in total. The van der Waals surface area contributed by atoms with E-state index in [1.54, 1.807) is 36.4 Å². The van der Waals surface area contributed by atoms with E-state index in [0.717, 1.165) is 10.8 Å². The summed E-state index contributed by atoms with van der Waals surface area (Å²) in [6.07, 6.45) is -0.104. The van der Waals surface area contributed by atoms with Crippen molar-refractivity contribution in [2.45, 2.75) is 17.9 Å². The van der Waals surface area contributed by atoms with Crippen molar-refractivity contribution in [3.8, 4) is 0 Å². The van der Waals surface area contributed by atoms with Gasteiger partial charge in [0, 0.05) is 6.54 Å². The van der Waals surface area contributed by atoms with E-state index in [1.807, 2.05) is 24.3 Å². The van der Waals surface area contributed by atoms with Gasteiger partial charge in [0.1, 0.15) is 6.61 Å². The summed E-state index contributed by atoms with van der Waals surface area (Å²) in [6, 6.07) is 18.8. The maximum atomic E-state index is 12.4. The number of carbonyl (C=O) groups excluding carboxylic acids is 2. The summed E-state index contributed by atoms with van der Waals surface area (Å²) in [4.78, 5) is 23.4. The third kappa shape index (κ3) is 5.43. The molecule has 0 unspecified atom stereocenters. The van der Waals surface area contributed by atoms with Crippen molar-refractivity contribution in [2.24, 2.45) is 0 Å². The van der Waals surface area contributed by atoms with E-state index in [2.05, 4.69) is 9.46 Å². The lowest BCUT2D eigenvalue weighted by Crippen LogP contribution is -2.26. The summed E-state index contributed by atoms with van der Waals surface area (Å²) in [5.41, 5.74) is 1.10. The lowest BCUT2D eigenvalue weighted by molar-refractivity contribution is -0.144. The number of sulfonamides is 1. The van der Waals surface area contributed by atoms with Crippen LogP contribution in [0, 0.1) is 0 Å². The maximum Gasteiger partial charge on any atom is 0.337 e. The van der Waals surface area contributed by atoms with Crippen molar-refractivity contribution in [1.82, 2.24) is 4.72 Å². The normalized spacial score (nSPS) is 11.2. The fourth-order valence-corrected chi connectivity index (χ4v) is 3.86. The molecule has 8 heteroatoms. The second-order valence-corrected chi connectivity index (χ2v) is 8.27. The molecule has 7 nitrogen and oxygen atoms in total. The highest BCUT2D eigenvalue weighted by Gasteiger charge is 2.15. The Morgan fingerprint density at radius 3 is 2.33 bits per heavy atom. The van der Waals surface area contributed by atoms with Crippen LogP contribution in [-0.4, -0.2) is 34.0 Å². The van der Waals surface area contributed by atoms with Crippen molar-refractivity contribution in [2.75, 3.05) is 13.7 Å². The predicted molar refractivity (Wildman–Crippen MR) is 111 cm³/mol. The van der Waals surface area contributed by atoms with Crippen molar-refractivity contribution >= 4 is 32.7 Å². The highest BCUT2D eigenvalue weighted by Crippen LogP contribution is 2.18. The summed E-state index contributed by atoms with van der Waals surface area (Å²) >= 11 is 0. The largest absolute Gasteiger partial charge is 0.465 e. The first-order chi connectivity index (χ1) is 14.4. The minimum atomic E-state index is -3.73. The fourth-order valence-electron chi connectivity index (χ4n) is 2.80. The first kappa shape index (κ1) is 21.5. The van der Waals surface area contributed by atoms with Crippen molar-refractivity contribution in [1.29, 1.82) is 0 Å². The Hall–Kier alpha value is -3.23. The number of methoxy groups -OCH3 is 1. The summed E-state index contributed by atoms with van der Waals surface area (Å²) < 4.78 is 37.1. The van der Waals surface area contributed by atoms with Crippen LogP contribution in [0.15, 0.2) is 71.6 Å². The SMILES string of the molecule is COC(=O)c1ccc(COC(=O)CCNS(=O)(=O)c2ccc3ccccc3c2)cc1. The number of hydrogen-bond acceptors (Lipinski definition) is 6. The molecule has 0 saturated heterocycles. The lowest BCUT2D eigenvalue weighted by Gasteiger charge is -2.09. The van der Waals surface area contributed by atoms with Crippen LogP contribution in [0.3, 0.4) is 0 Å².